The summed E-state index contributed by atoms with van der Waals surface area (Å²) in [7, 11) is 0. The molecule has 1 aromatic heterocycles. The molecule has 164 valence electrons. The van der Waals surface area contributed by atoms with E-state index in [9.17, 15) is 22.8 Å². The molecule has 2 aromatic rings. The molecule has 2 rings (SSSR count). The van der Waals surface area contributed by atoms with Crippen molar-refractivity contribution in [2.24, 2.45) is 5.73 Å². The molecule has 0 aliphatic carbocycles. The molecule has 2 amide bonds. The van der Waals surface area contributed by atoms with Gasteiger partial charge in [0.2, 0.25) is 0 Å². The van der Waals surface area contributed by atoms with Crippen molar-refractivity contribution in [3.63, 3.8) is 0 Å². The Hall–Kier alpha value is -3.24. The SMILES string of the molecule is CC(C)(C)OC(=O)NCCCN(C(=N)N)C(=O)c1cc2c(C(F)(F)F)cccc2[nH]1. The lowest BCUT2D eigenvalue weighted by molar-refractivity contribution is -0.136. The number of nitrogens with one attached hydrogen (secondary N) is 3. The van der Waals surface area contributed by atoms with E-state index in [2.05, 4.69) is 10.3 Å². The summed E-state index contributed by atoms with van der Waals surface area (Å²) in [6.45, 7) is 5.27. The summed E-state index contributed by atoms with van der Waals surface area (Å²) < 4.78 is 44.6. The van der Waals surface area contributed by atoms with Crippen LogP contribution in [0.3, 0.4) is 0 Å². The third kappa shape index (κ3) is 5.88. The van der Waals surface area contributed by atoms with Crippen molar-refractivity contribution in [1.29, 1.82) is 5.41 Å². The Labute approximate surface area is 171 Å². The molecule has 8 nitrogen and oxygen atoms in total. The Morgan fingerprint density at radius 2 is 1.93 bits per heavy atom. The van der Waals surface area contributed by atoms with Crippen molar-refractivity contribution >= 4 is 28.9 Å². The number of alkyl carbamates (subject to hydrolysis) is 1. The highest BCUT2D eigenvalue weighted by Crippen LogP contribution is 2.35. The number of carbonyl (C=O) groups is 2. The highest BCUT2D eigenvalue weighted by atomic mass is 19.4. The lowest BCUT2D eigenvalue weighted by atomic mass is 10.1. The molecule has 0 atom stereocenters. The zero-order valence-electron chi connectivity index (χ0n) is 16.8. The standard InChI is InChI=1S/C19H24F3N5O3/c1-18(2,3)30-17(29)25-8-5-9-27(16(23)24)15(28)14-10-11-12(19(20,21)22)6-4-7-13(11)26-14/h4,6-7,10,26H,5,8-9H2,1-3H3,(H3,23,24)(H,25,29). The molecule has 30 heavy (non-hydrogen) atoms. The maximum Gasteiger partial charge on any atom is 0.417 e. The van der Waals surface area contributed by atoms with Crippen molar-refractivity contribution in [2.45, 2.75) is 39.0 Å². The summed E-state index contributed by atoms with van der Waals surface area (Å²) in [5, 5.41) is 9.99. The van der Waals surface area contributed by atoms with E-state index in [1.807, 2.05) is 0 Å². The lowest BCUT2D eigenvalue weighted by Gasteiger charge is -2.21. The Morgan fingerprint density at radius 1 is 1.27 bits per heavy atom. The van der Waals surface area contributed by atoms with Crippen LogP contribution in [-0.4, -0.2) is 46.5 Å². The number of fused-ring (bicyclic) bond motifs is 1. The van der Waals surface area contributed by atoms with Crippen LogP contribution in [0, 0.1) is 5.41 Å². The van der Waals surface area contributed by atoms with Crippen molar-refractivity contribution in [3.05, 3.63) is 35.5 Å². The minimum Gasteiger partial charge on any atom is -0.444 e. The van der Waals surface area contributed by atoms with Gasteiger partial charge in [0.05, 0.1) is 5.56 Å². The Morgan fingerprint density at radius 3 is 2.50 bits per heavy atom. The fourth-order valence-corrected chi connectivity index (χ4v) is 2.74. The minimum absolute atomic E-state index is 0.0224. The number of carbonyl (C=O) groups excluding carboxylic acids is 2. The Balaban J connectivity index is 2.09. The van der Waals surface area contributed by atoms with Gasteiger partial charge in [-0.2, -0.15) is 13.2 Å². The van der Waals surface area contributed by atoms with E-state index in [0.717, 1.165) is 17.0 Å². The molecule has 0 bridgehead atoms. The number of hydrogen-bond donors (Lipinski definition) is 4. The van der Waals surface area contributed by atoms with E-state index in [-0.39, 0.29) is 36.1 Å². The lowest BCUT2D eigenvalue weighted by Crippen LogP contribution is -2.43. The summed E-state index contributed by atoms with van der Waals surface area (Å²) in [4.78, 5) is 27.9. The number of rotatable bonds is 5. The molecule has 0 radical (unpaired) electrons. The summed E-state index contributed by atoms with van der Waals surface area (Å²) in [5.41, 5.74) is 3.96. The normalized spacial score (nSPS) is 11.9. The van der Waals surface area contributed by atoms with E-state index >= 15 is 0 Å². The van der Waals surface area contributed by atoms with Crippen LogP contribution in [0.15, 0.2) is 24.3 Å². The van der Waals surface area contributed by atoms with Crippen molar-refractivity contribution in [2.75, 3.05) is 13.1 Å². The summed E-state index contributed by atoms with van der Waals surface area (Å²) in [5.74, 6) is -1.31. The van der Waals surface area contributed by atoms with Gasteiger partial charge in [-0.05, 0) is 45.4 Å². The molecule has 1 aromatic carbocycles. The molecule has 1 heterocycles. The van der Waals surface area contributed by atoms with Gasteiger partial charge in [0.25, 0.3) is 5.91 Å². The number of H-pyrrole nitrogens is 1. The molecule has 11 heteroatoms. The third-order valence-corrected chi connectivity index (χ3v) is 3.96. The number of benzene rings is 1. The quantitative estimate of drug-likeness (QED) is 0.331. The van der Waals surface area contributed by atoms with Crippen LogP contribution in [0.4, 0.5) is 18.0 Å². The first-order chi connectivity index (χ1) is 13.8. The number of nitrogens with zero attached hydrogens (tertiary/aromatic N) is 1. The zero-order chi connectivity index (χ0) is 22.7. The summed E-state index contributed by atoms with van der Waals surface area (Å²) in [6, 6.07) is 4.68. The van der Waals surface area contributed by atoms with Crippen LogP contribution >= 0.6 is 0 Å². The van der Waals surface area contributed by atoms with Crippen LogP contribution < -0.4 is 11.1 Å². The number of guanidine groups is 1. The van der Waals surface area contributed by atoms with Gasteiger partial charge in [-0.1, -0.05) is 6.07 Å². The van der Waals surface area contributed by atoms with Crippen LogP contribution in [0.2, 0.25) is 0 Å². The predicted octanol–water partition coefficient (Wildman–Crippen LogP) is 3.44. The Kier molecular flexibility index (Phi) is 6.63. The first-order valence-corrected chi connectivity index (χ1v) is 9.11. The summed E-state index contributed by atoms with van der Waals surface area (Å²) >= 11 is 0. The number of alkyl halides is 3. The molecular weight excluding hydrogens is 403 g/mol. The van der Waals surface area contributed by atoms with Gasteiger partial charge < -0.3 is 20.8 Å². The average Bonchev–Trinajstić information content (AvgIpc) is 3.02. The van der Waals surface area contributed by atoms with E-state index < -0.39 is 35.3 Å². The average molecular weight is 427 g/mol. The second-order valence-electron chi connectivity index (χ2n) is 7.57. The largest absolute Gasteiger partial charge is 0.444 e. The number of aromatic amines is 1. The fourth-order valence-electron chi connectivity index (χ4n) is 2.74. The highest BCUT2D eigenvalue weighted by molar-refractivity contribution is 6.06. The number of aromatic nitrogens is 1. The fraction of sp³-hybridized carbons (Fsp3) is 0.421. The van der Waals surface area contributed by atoms with Crippen LogP contribution in [0.1, 0.15) is 43.2 Å². The Bertz CT molecular complexity index is 947. The molecule has 0 unspecified atom stereocenters. The molecule has 0 fully saturated rings. The van der Waals surface area contributed by atoms with Gasteiger partial charge in [-0.15, -0.1) is 0 Å². The molecule has 0 aliphatic heterocycles. The van der Waals surface area contributed by atoms with Gasteiger partial charge in [-0.25, -0.2) is 4.79 Å². The molecule has 5 N–H and O–H groups in total. The molecule has 0 saturated heterocycles. The topological polar surface area (TPSA) is 124 Å². The van der Waals surface area contributed by atoms with Gasteiger partial charge in [-0.3, -0.25) is 15.1 Å². The van der Waals surface area contributed by atoms with Crippen molar-refractivity contribution < 1.29 is 27.5 Å². The predicted molar refractivity (Wildman–Crippen MR) is 105 cm³/mol. The number of nitrogens with two attached hydrogens (primary N) is 1. The first-order valence-electron chi connectivity index (χ1n) is 9.11. The zero-order valence-corrected chi connectivity index (χ0v) is 16.8. The van der Waals surface area contributed by atoms with E-state index in [0.29, 0.717) is 0 Å². The molecule has 0 saturated carbocycles. The maximum absolute atomic E-state index is 13.2. The highest BCUT2D eigenvalue weighted by Gasteiger charge is 2.33. The minimum atomic E-state index is -4.57. The number of ether oxygens (including phenoxy) is 1. The second-order valence-corrected chi connectivity index (χ2v) is 7.57. The van der Waals surface area contributed by atoms with Crippen LogP contribution in [0.25, 0.3) is 10.9 Å². The molecule has 0 spiro atoms. The van der Waals surface area contributed by atoms with E-state index in [1.165, 1.54) is 12.1 Å². The van der Waals surface area contributed by atoms with Crippen LogP contribution in [0.5, 0.6) is 0 Å². The summed E-state index contributed by atoms with van der Waals surface area (Å²) in [6.07, 6.45) is -4.95. The third-order valence-electron chi connectivity index (χ3n) is 3.96. The molecule has 0 aliphatic rings. The monoisotopic (exact) mass is 427 g/mol. The number of halogens is 3. The second kappa shape index (κ2) is 8.64. The van der Waals surface area contributed by atoms with Gasteiger partial charge in [0.1, 0.15) is 11.3 Å². The first kappa shape index (κ1) is 23.0. The van der Waals surface area contributed by atoms with Gasteiger partial charge >= 0.3 is 12.3 Å². The van der Waals surface area contributed by atoms with Gasteiger partial charge in [0, 0.05) is 24.0 Å². The van der Waals surface area contributed by atoms with Crippen LogP contribution in [-0.2, 0) is 10.9 Å². The smallest absolute Gasteiger partial charge is 0.417 e. The van der Waals surface area contributed by atoms with E-state index in [4.69, 9.17) is 15.9 Å². The maximum atomic E-state index is 13.2. The number of amides is 2. The van der Waals surface area contributed by atoms with Gasteiger partial charge in [0.15, 0.2) is 5.96 Å². The van der Waals surface area contributed by atoms with Crippen molar-refractivity contribution in [3.8, 4) is 0 Å². The van der Waals surface area contributed by atoms with E-state index in [1.54, 1.807) is 20.8 Å². The van der Waals surface area contributed by atoms with Crippen molar-refractivity contribution in [1.82, 2.24) is 15.2 Å². The molecular formula is C19H24F3N5O3. The number of hydrogen-bond acceptors (Lipinski definition) is 4.